The zero-order valence-electron chi connectivity index (χ0n) is 10.8. The molecule has 2 rings (SSSR count). The molecule has 3 nitrogen and oxygen atoms in total. The highest BCUT2D eigenvalue weighted by molar-refractivity contribution is 9.10. The van der Waals surface area contributed by atoms with E-state index in [0.717, 1.165) is 15.9 Å². The second-order valence-corrected chi connectivity index (χ2v) is 5.28. The van der Waals surface area contributed by atoms with Crippen LogP contribution in [0.15, 0.2) is 35.1 Å². The number of nitrogens with zero attached hydrogens (tertiary/aromatic N) is 2. The number of hydrogen-bond donors (Lipinski definition) is 1. The van der Waals surface area contributed by atoms with Crippen molar-refractivity contribution < 1.29 is 4.39 Å². The topological polar surface area (TPSA) is 37.8 Å². The lowest BCUT2D eigenvalue weighted by molar-refractivity contribution is 0.542. The Morgan fingerprint density at radius 2 is 2.11 bits per heavy atom. The number of nitrogens with one attached hydrogen (secondary N) is 1. The molecule has 0 spiro atoms. The molecule has 0 aliphatic carbocycles. The van der Waals surface area contributed by atoms with Crippen molar-refractivity contribution in [1.82, 2.24) is 15.3 Å². The fourth-order valence-corrected chi connectivity index (χ4v) is 2.27. The lowest BCUT2D eigenvalue weighted by Crippen LogP contribution is -2.20. The third-order valence-electron chi connectivity index (χ3n) is 2.94. The van der Waals surface area contributed by atoms with Crippen LogP contribution in [0.4, 0.5) is 4.39 Å². The molecular formula is C14H15BrFN3. The first-order valence-electron chi connectivity index (χ1n) is 6.00. The summed E-state index contributed by atoms with van der Waals surface area (Å²) in [6.07, 6.45) is 3.98. The van der Waals surface area contributed by atoms with Gasteiger partial charge < -0.3 is 5.32 Å². The maximum atomic E-state index is 13.8. The van der Waals surface area contributed by atoms with Gasteiger partial charge in [0.15, 0.2) is 0 Å². The van der Waals surface area contributed by atoms with E-state index in [9.17, 15) is 4.39 Å². The van der Waals surface area contributed by atoms with E-state index < -0.39 is 0 Å². The molecule has 19 heavy (non-hydrogen) atoms. The Kier molecular flexibility index (Phi) is 4.61. The summed E-state index contributed by atoms with van der Waals surface area (Å²) in [4.78, 5) is 8.56. The molecule has 1 aromatic heterocycles. The molecule has 2 aromatic rings. The van der Waals surface area contributed by atoms with Crippen LogP contribution in [0.2, 0.25) is 0 Å². The fraction of sp³-hybridized carbons (Fsp3) is 0.286. The van der Waals surface area contributed by atoms with Gasteiger partial charge in [-0.15, -0.1) is 0 Å². The Morgan fingerprint density at radius 1 is 1.32 bits per heavy atom. The molecule has 0 radical (unpaired) electrons. The van der Waals surface area contributed by atoms with Gasteiger partial charge in [0.05, 0.1) is 23.6 Å². The maximum Gasteiger partial charge on any atom is 0.126 e. The van der Waals surface area contributed by atoms with Crippen LogP contribution >= 0.6 is 15.9 Å². The van der Waals surface area contributed by atoms with Crippen molar-refractivity contribution in [1.29, 1.82) is 0 Å². The average Bonchev–Trinajstić information content (AvgIpc) is 2.41. The van der Waals surface area contributed by atoms with Crippen LogP contribution in [0, 0.1) is 12.7 Å². The van der Waals surface area contributed by atoms with Crippen LogP contribution in [-0.2, 0) is 6.42 Å². The van der Waals surface area contributed by atoms with Crippen LogP contribution < -0.4 is 5.32 Å². The molecule has 0 amide bonds. The van der Waals surface area contributed by atoms with Gasteiger partial charge in [0, 0.05) is 10.7 Å². The third kappa shape index (κ3) is 3.58. The number of aryl methyl sites for hydroxylation is 1. The molecule has 0 saturated heterocycles. The number of benzene rings is 1. The summed E-state index contributed by atoms with van der Waals surface area (Å²) in [6, 6.07) is 4.89. The quantitative estimate of drug-likeness (QED) is 0.939. The van der Waals surface area contributed by atoms with E-state index in [-0.39, 0.29) is 11.9 Å². The fourth-order valence-electron chi connectivity index (χ4n) is 1.86. The monoisotopic (exact) mass is 323 g/mol. The lowest BCUT2D eigenvalue weighted by atomic mass is 10.0. The van der Waals surface area contributed by atoms with Gasteiger partial charge in [-0.1, -0.05) is 15.9 Å². The number of aromatic nitrogens is 2. The number of halogens is 2. The largest absolute Gasteiger partial charge is 0.311 e. The summed E-state index contributed by atoms with van der Waals surface area (Å²) < 4.78 is 14.6. The van der Waals surface area contributed by atoms with Gasteiger partial charge in [-0.2, -0.15) is 0 Å². The van der Waals surface area contributed by atoms with Crippen LogP contribution in [0.25, 0.3) is 0 Å². The molecule has 0 bridgehead atoms. The van der Waals surface area contributed by atoms with Crippen LogP contribution in [0.1, 0.15) is 23.0 Å². The highest BCUT2D eigenvalue weighted by atomic mass is 79.9. The number of hydrogen-bond acceptors (Lipinski definition) is 3. The predicted octanol–water partition coefficient (Wildman–Crippen LogP) is 3.19. The van der Waals surface area contributed by atoms with Crippen molar-refractivity contribution in [2.24, 2.45) is 0 Å². The van der Waals surface area contributed by atoms with Gasteiger partial charge in [-0.3, -0.25) is 9.97 Å². The Labute approximate surface area is 120 Å². The van der Waals surface area contributed by atoms with Crippen molar-refractivity contribution in [3.63, 3.8) is 0 Å². The summed E-state index contributed by atoms with van der Waals surface area (Å²) in [5, 5.41) is 3.15. The van der Waals surface area contributed by atoms with Gasteiger partial charge in [0.25, 0.3) is 0 Å². The molecule has 5 heteroatoms. The average molecular weight is 324 g/mol. The maximum absolute atomic E-state index is 13.8. The van der Waals surface area contributed by atoms with Gasteiger partial charge >= 0.3 is 0 Å². The molecule has 0 aliphatic rings. The van der Waals surface area contributed by atoms with Crippen molar-refractivity contribution in [2.45, 2.75) is 19.4 Å². The minimum atomic E-state index is -0.205. The molecule has 1 atom stereocenters. The van der Waals surface area contributed by atoms with Gasteiger partial charge in [0.2, 0.25) is 0 Å². The normalized spacial score (nSPS) is 12.4. The van der Waals surface area contributed by atoms with Crippen LogP contribution in [0.3, 0.4) is 0 Å². The molecular weight excluding hydrogens is 309 g/mol. The molecule has 0 saturated carbocycles. The van der Waals surface area contributed by atoms with Crippen molar-refractivity contribution >= 4 is 15.9 Å². The van der Waals surface area contributed by atoms with Crippen molar-refractivity contribution in [3.05, 3.63) is 57.8 Å². The highest BCUT2D eigenvalue weighted by Crippen LogP contribution is 2.21. The molecule has 1 heterocycles. The first-order chi connectivity index (χ1) is 9.10. The predicted molar refractivity (Wildman–Crippen MR) is 76.4 cm³/mol. The van der Waals surface area contributed by atoms with Crippen molar-refractivity contribution in [3.8, 4) is 0 Å². The molecule has 0 aliphatic heterocycles. The van der Waals surface area contributed by atoms with E-state index in [4.69, 9.17) is 0 Å². The SMILES string of the molecule is CNC(Cc1cc(Br)ccc1F)c1cnc(C)cn1. The van der Waals surface area contributed by atoms with Gasteiger partial charge in [-0.25, -0.2) is 4.39 Å². The third-order valence-corrected chi connectivity index (χ3v) is 3.43. The second-order valence-electron chi connectivity index (χ2n) is 4.36. The summed E-state index contributed by atoms with van der Waals surface area (Å²) in [6.45, 7) is 1.89. The minimum Gasteiger partial charge on any atom is -0.311 e. The van der Waals surface area contributed by atoms with Gasteiger partial charge in [-0.05, 0) is 44.2 Å². The summed E-state index contributed by atoms with van der Waals surface area (Å²) >= 11 is 3.36. The summed E-state index contributed by atoms with van der Waals surface area (Å²) in [5.74, 6) is -0.205. The second kappa shape index (κ2) is 6.21. The smallest absolute Gasteiger partial charge is 0.126 e. The van der Waals surface area contributed by atoms with E-state index in [1.807, 2.05) is 14.0 Å². The molecule has 100 valence electrons. The van der Waals surface area contributed by atoms with Crippen LogP contribution in [-0.4, -0.2) is 17.0 Å². The number of rotatable bonds is 4. The van der Waals surface area contributed by atoms with Crippen molar-refractivity contribution in [2.75, 3.05) is 7.05 Å². The summed E-state index contributed by atoms with van der Waals surface area (Å²) in [7, 11) is 1.84. The zero-order chi connectivity index (χ0) is 13.8. The zero-order valence-corrected chi connectivity index (χ0v) is 12.4. The highest BCUT2D eigenvalue weighted by Gasteiger charge is 2.14. The van der Waals surface area contributed by atoms with E-state index in [1.165, 1.54) is 6.07 Å². The standard InChI is InChI=1S/C14H15BrFN3/c1-9-7-19-14(8-18-9)13(17-2)6-10-5-11(15)3-4-12(10)16/h3-5,7-8,13,17H,6H2,1-2H3. The van der Waals surface area contributed by atoms with E-state index >= 15 is 0 Å². The molecule has 1 unspecified atom stereocenters. The Morgan fingerprint density at radius 3 is 2.74 bits per heavy atom. The Bertz CT molecular complexity index is 557. The Balaban J connectivity index is 2.23. The van der Waals surface area contributed by atoms with Gasteiger partial charge in [0.1, 0.15) is 5.82 Å². The minimum absolute atomic E-state index is 0.0584. The lowest BCUT2D eigenvalue weighted by Gasteiger charge is -2.16. The first-order valence-corrected chi connectivity index (χ1v) is 6.79. The number of likely N-dealkylation sites (N-methyl/N-ethyl adjacent to an activating group) is 1. The molecule has 1 N–H and O–H groups in total. The molecule has 0 fully saturated rings. The Hall–Kier alpha value is -1.33. The van der Waals surface area contributed by atoms with E-state index in [0.29, 0.717) is 12.0 Å². The van der Waals surface area contributed by atoms with E-state index in [1.54, 1.807) is 24.5 Å². The first kappa shape index (κ1) is 14.1. The van der Waals surface area contributed by atoms with E-state index in [2.05, 4.69) is 31.2 Å². The summed E-state index contributed by atoms with van der Waals surface area (Å²) in [5.41, 5.74) is 2.33. The van der Waals surface area contributed by atoms with Crippen LogP contribution in [0.5, 0.6) is 0 Å². The molecule has 1 aromatic carbocycles.